The summed E-state index contributed by atoms with van der Waals surface area (Å²) in [7, 11) is 0. The molecule has 1 atom stereocenters. The first-order valence-corrected chi connectivity index (χ1v) is 8.12. The van der Waals surface area contributed by atoms with E-state index in [9.17, 15) is 4.79 Å². The van der Waals surface area contributed by atoms with Gasteiger partial charge in [-0.25, -0.2) is 9.78 Å². The van der Waals surface area contributed by atoms with Gasteiger partial charge in [0.2, 0.25) is 0 Å². The zero-order valence-electron chi connectivity index (χ0n) is 13.0. The molecule has 0 aliphatic rings. The third kappa shape index (κ3) is 4.73. The van der Waals surface area contributed by atoms with E-state index in [1.807, 2.05) is 50.4 Å². The zero-order chi connectivity index (χ0) is 15.9. The van der Waals surface area contributed by atoms with Crippen molar-refractivity contribution in [3.63, 3.8) is 0 Å². The van der Waals surface area contributed by atoms with Gasteiger partial charge in [-0.2, -0.15) is 0 Å². The number of hydrogen-bond donors (Lipinski definition) is 2. The molecule has 2 aromatic rings. The SMILES string of the molecule is CC(C)Oc1ccccc1CNC(=O)N[C@@H](C)c1nccs1. The number of benzene rings is 1. The van der Waals surface area contributed by atoms with Crippen molar-refractivity contribution in [1.29, 1.82) is 0 Å². The van der Waals surface area contributed by atoms with Crippen LogP contribution in [0.25, 0.3) is 0 Å². The van der Waals surface area contributed by atoms with E-state index in [-0.39, 0.29) is 18.2 Å². The summed E-state index contributed by atoms with van der Waals surface area (Å²) in [5.41, 5.74) is 0.952. The smallest absolute Gasteiger partial charge is 0.315 e. The number of carbonyl (C=O) groups excluding carboxylic acids is 1. The van der Waals surface area contributed by atoms with Gasteiger partial charge in [0.15, 0.2) is 0 Å². The predicted octanol–water partition coefficient (Wildman–Crippen LogP) is 3.49. The molecule has 118 valence electrons. The number of carbonyl (C=O) groups is 1. The van der Waals surface area contributed by atoms with E-state index >= 15 is 0 Å². The molecular weight excluding hydrogens is 298 g/mol. The van der Waals surface area contributed by atoms with Crippen molar-refractivity contribution in [1.82, 2.24) is 15.6 Å². The number of aromatic nitrogens is 1. The van der Waals surface area contributed by atoms with Crippen molar-refractivity contribution in [3.05, 3.63) is 46.4 Å². The van der Waals surface area contributed by atoms with Crippen LogP contribution in [0.3, 0.4) is 0 Å². The molecule has 0 fully saturated rings. The van der Waals surface area contributed by atoms with Gasteiger partial charge in [-0.3, -0.25) is 0 Å². The number of urea groups is 1. The Labute approximate surface area is 134 Å². The quantitative estimate of drug-likeness (QED) is 0.856. The number of para-hydroxylation sites is 1. The van der Waals surface area contributed by atoms with Crippen LogP contribution in [0.5, 0.6) is 5.75 Å². The fraction of sp³-hybridized carbons (Fsp3) is 0.375. The molecule has 0 saturated heterocycles. The summed E-state index contributed by atoms with van der Waals surface area (Å²) in [6.07, 6.45) is 1.83. The van der Waals surface area contributed by atoms with Crippen LogP contribution in [0.2, 0.25) is 0 Å². The molecule has 0 saturated carbocycles. The number of nitrogens with zero attached hydrogens (tertiary/aromatic N) is 1. The molecule has 0 spiro atoms. The van der Waals surface area contributed by atoms with Gasteiger partial charge in [-0.05, 0) is 26.8 Å². The fourth-order valence-corrected chi connectivity index (χ4v) is 2.60. The van der Waals surface area contributed by atoms with Crippen LogP contribution >= 0.6 is 11.3 Å². The third-order valence-electron chi connectivity index (χ3n) is 2.94. The first kappa shape index (κ1) is 16.3. The number of ether oxygens (including phenoxy) is 1. The van der Waals surface area contributed by atoms with Gasteiger partial charge >= 0.3 is 6.03 Å². The third-order valence-corrected chi connectivity index (χ3v) is 3.90. The lowest BCUT2D eigenvalue weighted by Crippen LogP contribution is -2.36. The van der Waals surface area contributed by atoms with Crippen LogP contribution in [0.1, 0.15) is 37.4 Å². The Morgan fingerprint density at radius 1 is 1.32 bits per heavy atom. The Balaban J connectivity index is 1.88. The van der Waals surface area contributed by atoms with E-state index in [0.717, 1.165) is 16.3 Å². The highest BCUT2D eigenvalue weighted by atomic mass is 32.1. The minimum atomic E-state index is -0.220. The average Bonchev–Trinajstić information content (AvgIpc) is 3.00. The lowest BCUT2D eigenvalue weighted by atomic mass is 10.2. The second kappa shape index (κ2) is 7.79. The van der Waals surface area contributed by atoms with E-state index in [2.05, 4.69) is 15.6 Å². The van der Waals surface area contributed by atoms with E-state index < -0.39 is 0 Å². The Bertz CT molecular complexity index is 599. The highest BCUT2D eigenvalue weighted by Crippen LogP contribution is 2.19. The van der Waals surface area contributed by atoms with Crippen molar-refractivity contribution >= 4 is 17.4 Å². The fourth-order valence-electron chi connectivity index (χ4n) is 1.95. The molecule has 0 aliphatic carbocycles. The molecule has 1 aromatic carbocycles. The second-order valence-corrected chi connectivity index (χ2v) is 6.12. The van der Waals surface area contributed by atoms with Gasteiger partial charge in [0.05, 0.1) is 12.1 Å². The summed E-state index contributed by atoms with van der Waals surface area (Å²) >= 11 is 1.52. The van der Waals surface area contributed by atoms with Crippen LogP contribution < -0.4 is 15.4 Å². The largest absolute Gasteiger partial charge is 0.491 e. The molecule has 0 radical (unpaired) electrons. The van der Waals surface area contributed by atoms with Crippen LogP contribution in [-0.2, 0) is 6.54 Å². The molecular formula is C16H21N3O2S. The van der Waals surface area contributed by atoms with Gasteiger partial charge in [0.25, 0.3) is 0 Å². The Hall–Kier alpha value is -2.08. The van der Waals surface area contributed by atoms with Crippen molar-refractivity contribution in [2.75, 3.05) is 0 Å². The summed E-state index contributed by atoms with van der Waals surface area (Å²) in [4.78, 5) is 16.2. The first-order valence-electron chi connectivity index (χ1n) is 7.24. The molecule has 5 nitrogen and oxygen atoms in total. The lowest BCUT2D eigenvalue weighted by Gasteiger charge is -2.16. The van der Waals surface area contributed by atoms with Crippen molar-refractivity contribution in [2.45, 2.75) is 39.5 Å². The monoisotopic (exact) mass is 319 g/mol. The van der Waals surface area contributed by atoms with Crippen molar-refractivity contribution in [3.8, 4) is 5.75 Å². The minimum Gasteiger partial charge on any atom is -0.491 e. The van der Waals surface area contributed by atoms with Gasteiger partial charge in [0.1, 0.15) is 10.8 Å². The number of amides is 2. The summed E-state index contributed by atoms with van der Waals surface area (Å²) in [6, 6.07) is 7.38. The number of thiazole rings is 1. The maximum atomic E-state index is 12.0. The molecule has 2 N–H and O–H groups in total. The molecule has 1 heterocycles. The van der Waals surface area contributed by atoms with Gasteiger partial charge < -0.3 is 15.4 Å². The summed E-state index contributed by atoms with van der Waals surface area (Å²) in [5.74, 6) is 0.797. The number of hydrogen-bond acceptors (Lipinski definition) is 4. The van der Waals surface area contributed by atoms with E-state index in [1.165, 1.54) is 11.3 Å². The van der Waals surface area contributed by atoms with Crippen LogP contribution in [0.15, 0.2) is 35.8 Å². The highest BCUT2D eigenvalue weighted by Gasteiger charge is 2.12. The van der Waals surface area contributed by atoms with Gasteiger partial charge in [-0.1, -0.05) is 18.2 Å². The maximum absolute atomic E-state index is 12.0. The molecule has 1 aromatic heterocycles. The topological polar surface area (TPSA) is 63.2 Å². The predicted molar refractivity (Wildman–Crippen MR) is 88.1 cm³/mol. The molecule has 2 rings (SSSR count). The summed E-state index contributed by atoms with van der Waals surface area (Å²) < 4.78 is 5.74. The molecule has 0 aliphatic heterocycles. The van der Waals surface area contributed by atoms with Crippen molar-refractivity contribution < 1.29 is 9.53 Å². The lowest BCUT2D eigenvalue weighted by molar-refractivity contribution is 0.234. The molecule has 22 heavy (non-hydrogen) atoms. The zero-order valence-corrected chi connectivity index (χ0v) is 13.8. The summed E-state index contributed by atoms with van der Waals surface area (Å²) in [5, 5.41) is 8.50. The van der Waals surface area contributed by atoms with Crippen LogP contribution in [0.4, 0.5) is 4.79 Å². The highest BCUT2D eigenvalue weighted by molar-refractivity contribution is 7.09. The first-order chi connectivity index (χ1) is 10.6. The van der Waals surface area contributed by atoms with E-state index in [4.69, 9.17) is 4.74 Å². The van der Waals surface area contributed by atoms with E-state index in [0.29, 0.717) is 6.54 Å². The Kier molecular flexibility index (Phi) is 5.77. The van der Waals surface area contributed by atoms with Crippen LogP contribution in [0, 0.1) is 0 Å². The minimum absolute atomic E-state index is 0.0971. The van der Waals surface area contributed by atoms with Gasteiger partial charge in [0, 0.05) is 23.7 Å². The standard InChI is InChI=1S/C16H21N3O2S/c1-11(2)21-14-7-5-4-6-13(14)10-18-16(20)19-12(3)15-17-8-9-22-15/h4-9,11-12H,10H2,1-3H3,(H2,18,19,20)/t12-/m0/s1. The average molecular weight is 319 g/mol. The van der Waals surface area contributed by atoms with Gasteiger partial charge in [-0.15, -0.1) is 11.3 Å². The molecule has 2 amide bonds. The van der Waals surface area contributed by atoms with Crippen molar-refractivity contribution in [2.24, 2.45) is 0 Å². The van der Waals surface area contributed by atoms with Crippen LogP contribution in [-0.4, -0.2) is 17.1 Å². The molecule has 0 unspecified atom stereocenters. The maximum Gasteiger partial charge on any atom is 0.315 e. The second-order valence-electron chi connectivity index (χ2n) is 5.19. The Morgan fingerprint density at radius 2 is 2.09 bits per heavy atom. The Morgan fingerprint density at radius 3 is 2.77 bits per heavy atom. The number of nitrogens with one attached hydrogen (secondary N) is 2. The summed E-state index contributed by atoms with van der Waals surface area (Å²) in [6.45, 7) is 6.28. The number of rotatable bonds is 6. The molecule has 6 heteroatoms. The van der Waals surface area contributed by atoms with E-state index in [1.54, 1.807) is 6.20 Å². The molecule has 0 bridgehead atoms. The normalized spacial score (nSPS) is 12.0.